The largest absolute Gasteiger partial charge is 0.324 e. The van der Waals surface area contributed by atoms with Gasteiger partial charge >= 0.3 is 6.03 Å². The van der Waals surface area contributed by atoms with Crippen LogP contribution in [0.2, 0.25) is 0 Å². The fourth-order valence-corrected chi connectivity index (χ4v) is 3.72. The highest BCUT2D eigenvalue weighted by Crippen LogP contribution is 2.24. The number of sulfone groups is 1. The van der Waals surface area contributed by atoms with Gasteiger partial charge in [-0.2, -0.15) is 0 Å². The number of hydrogen-bond donors (Lipinski definition) is 2. The average molecular weight is 385 g/mol. The number of nitrogens with one attached hydrogen (secondary N) is 2. The second kappa shape index (κ2) is 7.70. The molecule has 2 amide bonds. The van der Waals surface area contributed by atoms with E-state index in [0.717, 1.165) is 5.56 Å². The van der Waals surface area contributed by atoms with Gasteiger partial charge in [0.25, 0.3) is 0 Å². The topological polar surface area (TPSA) is 75.3 Å². The second-order valence-electron chi connectivity index (χ2n) is 4.85. The van der Waals surface area contributed by atoms with Crippen molar-refractivity contribution in [1.82, 2.24) is 5.32 Å². The Morgan fingerprint density at radius 1 is 0.958 bits per heavy atom. The molecule has 0 aliphatic carbocycles. The van der Waals surface area contributed by atoms with E-state index < -0.39 is 25.4 Å². The standard InChI is InChI=1S/C16H14Cl2N2O3S/c1-11-7-9-12(10-8-11)19-16(21)20-15(14(17)18)24(22,23)13-5-3-2-4-6-13/h2-10H,1H3,(H2,19,20,21). The summed E-state index contributed by atoms with van der Waals surface area (Å²) in [6.07, 6.45) is 0. The molecule has 0 fully saturated rings. The highest BCUT2D eigenvalue weighted by Gasteiger charge is 2.25. The first-order valence-corrected chi connectivity index (χ1v) is 9.04. The van der Waals surface area contributed by atoms with Crippen molar-refractivity contribution in [3.05, 3.63) is 69.7 Å². The normalized spacial score (nSPS) is 10.8. The number of benzene rings is 2. The maximum Gasteiger partial charge on any atom is 0.324 e. The summed E-state index contributed by atoms with van der Waals surface area (Å²) in [5.41, 5.74) is 1.53. The zero-order valence-electron chi connectivity index (χ0n) is 12.6. The minimum atomic E-state index is -4.05. The second-order valence-corrected chi connectivity index (χ2v) is 7.69. The fourth-order valence-electron chi connectivity index (χ4n) is 1.84. The lowest BCUT2D eigenvalue weighted by Gasteiger charge is -2.12. The summed E-state index contributed by atoms with van der Waals surface area (Å²) in [6.45, 7) is 1.91. The van der Waals surface area contributed by atoms with Gasteiger partial charge in [0.05, 0.1) is 4.90 Å². The van der Waals surface area contributed by atoms with Crippen LogP contribution in [0.3, 0.4) is 0 Å². The van der Waals surface area contributed by atoms with Crippen LogP contribution in [0, 0.1) is 6.92 Å². The van der Waals surface area contributed by atoms with E-state index in [1.165, 1.54) is 12.1 Å². The maximum atomic E-state index is 12.5. The van der Waals surface area contributed by atoms with E-state index >= 15 is 0 Å². The molecule has 24 heavy (non-hydrogen) atoms. The highest BCUT2D eigenvalue weighted by atomic mass is 35.5. The van der Waals surface area contributed by atoms with E-state index in [1.54, 1.807) is 30.3 Å². The third-order valence-electron chi connectivity index (χ3n) is 3.03. The van der Waals surface area contributed by atoms with E-state index in [9.17, 15) is 13.2 Å². The van der Waals surface area contributed by atoms with Gasteiger partial charge in [-0.05, 0) is 31.2 Å². The molecule has 0 aromatic heterocycles. The summed E-state index contributed by atoms with van der Waals surface area (Å²) in [5.74, 6) is 0. The lowest BCUT2D eigenvalue weighted by molar-refractivity contribution is 0.254. The van der Waals surface area contributed by atoms with Gasteiger partial charge < -0.3 is 5.32 Å². The lowest BCUT2D eigenvalue weighted by atomic mass is 10.2. The maximum absolute atomic E-state index is 12.5. The summed E-state index contributed by atoms with van der Waals surface area (Å²) < 4.78 is 24.5. The molecule has 0 unspecified atom stereocenters. The molecular formula is C16H14Cl2N2O3S. The number of urea groups is 1. The third kappa shape index (κ3) is 4.50. The number of rotatable bonds is 4. The molecule has 2 rings (SSSR count). The van der Waals surface area contributed by atoms with Crippen LogP contribution >= 0.6 is 23.2 Å². The Hall–Kier alpha value is -2.02. The van der Waals surface area contributed by atoms with E-state index in [-0.39, 0.29) is 4.90 Å². The Morgan fingerprint density at radius 2 is 1.54 bits per heavy atom. The van der Waals surface area contributed by atoms with E-state index in [2.05, 4.69) is 10.6 Å². The summed E-state index contributed by atoms with van der Waals surface area (Å²) in [6, 6.07) is 13.8. The van der Waals surface area contributed by atoms with Crippen LogP contribution in [0.15, 0.2) is 69.0 Å². The molecule has 0 heterocycles. The van der Waals surface area contributed by atoms with Crippen molar-refractivity contribution >= 4 is 44.8 Å². The number of hydrogen-bond acceptors (Lipinski definition) is 3. The Kier molecular flexibility index (Phi) is 5.88. The predicted octanol–water partition coefficient (Wildman–Crippen LogP) is 4.19. The van der Waals surface area contributed by atoms with Crippen molar-refractivity contribution in [3.8, 4) is 0 Å². The number of halogens is 2. The van der Waals surface area contributed by atoms with Gasteiger partial charge in [0.2, 0.25) is 9.84 Å². The molecule has 5 nitrogen and oxygen atoms in total. The first kappa shape index (κ1) is 18.3. The van der Waals surface area contributed by atoms with Crippen molar-refractivity contribution in [1.29, 1.82) is 0 Å². The molecule has 0 aliphatic rings. The number of amides is 2. The summed E-state index contributed by atoms with van der Waals surface area (Å²) in [5, 5.41) is 4.13. The van der Waals surface area contributed by atoms with Gasteiger partial charge in [0.15, 0.2) is 5.03 Å². The molecule has 0 saturated carbocycles. The SMILES string of the molecule is Cc1ccc(NC(=O)NC(=C(Cl)Cl)S(=O)(=O)c2ccccc2)cc1. The summed E-state index contributed by atoms with van der Waals surface area (Å²) in [7, 11) is -4.05. The lowest BCUT2D eigenvalue weighted by Crippen LogP contribution is -2.32. The molecular weight excluding hydrogens is 371 g/mol. The van der Waals surface area contributed by atoms with E-state index in [0.29, 0.717) is 5.69 Å². The molecule has 0 aliphatic heterocycles. The predicted molar refractivity (Wildman–Crippen MR) is 95.7 cm³/mol. The Bertz CT molecular complexity index is 860. The summed E-state index contributed by atoms with van der Waals surface area (Å²) in [4.78, 5) is 12.0. The molecule has 0 atom stereocenters. The van der Waals surface area contributed by atoms with Gasteiger partial charge in [-0.3, -0.25) is 5.32 Å². The van der Waals surface area contributed by atoms with E-state index in [4.69, 9.17) is 23.2 Å². The molecule has 2 N–H and O–H groups in total. The third-order valence-corrected chi connectivity index (χ3v) is 5.37. The number of aryl methyl sites for hydroxylation is 1. The van der Waals surface area contributed by atoms with Gasteiger partial charge in [-0.25, -0.2) is 13.2 Å². The van der Waals surface area contributed by atoms with Crippen LogP contribution in [-0.4, -0.2) is 14.4 Å². The average Bonchev–Trinajstić information content (AvgIpc) is 2.55. The van der Waals surface area contributed by atoms with Crippen LogP contribution in [0.4, 0.5) is 10.5 Å². The summed E-state index contributed by atoms with van der Waals surface area (Å²) >= 11 is 11.3. The van der Waals surface area contributed by atoms with Gasteiger partial charge in [0.1, 0.15) is 4.49 Å². The molecule has 8 heteroatoms. The number of carbonyl (C=O) groups excluding carboxylic acids is 1. The van der Waals surface area contributed by atoms with Crippen molar-refractivity contribution in [2.24, 2.45) is 0 Å². The van der Waals surface area contributed by atoms with Crippen LogP contribution in [0.1, 0.15) is 5.56 Å². The molecule has 0 radical (unpaired) electrons. The Morgan fingerprint density at radius 3 is 2.08 bits per heavy atom. The Labute approximate surface area is 150 Å². The number of anilines is 1. The molecule has 126 valence electrons. The minimum Gasteiger partial charge on any atom is -0.308 e. The van der Waals surface area contributed by atoms with E-state index in [1.807, 2.05) is 19.1 Å². The van der Waals surface area contributed by atoms with Crippen LogP contribution in [0.5, 0.6) is 0 Å². The molecule has 0 spiro atoms. The molecule has 2 aromatic carbocycles. The minimum absolute atomic E-state index is 0.0329. The van der Waals surface area contributed by atoms with Gasteiger partial charge in [0, 0.05) is 5.69 Å². The first-order valence-electron chi connectivity index (χ1n) is 6.81. The van der Waals surface area contributed by atoms with Crippen molar-refractivity contribution in [2.75, 3.05) is 5.32 Å². The quantitative estimate of drug-likeness (QED) is 0.829. The van der Waals surface area contributed by atoms with Gasteiger partial charge in [-0.15, -0.1) is 0 Å². The zero-order chi connectivity index (χ0) is 17.7. The van der Waals surface area contributed by atoms with Crippen molar-refractivity contribution < 1.29 is 13.2 Å². The Balaban J connectivity index is 2.22. The monoisotopic (exact) mass is 384 g/mol. The van der Waals surface area contributed by atoms with Crippen LogP contribution < -0.4 is 10.6 Å². The highest BCUT2D eigenvalue weighted by molar-refractivity contribution is 7.95. The van der Waals surface area contributed by atoms with Gasteiger partial charge in [-0.1, -0.05) is 59.1 Å². The van der Waals surface area contributed by atoms with Crippen LogP contribution in [-0.2, 0) is 9.84 Å². The van der Waals surface area contributed by atoms with Crippen molar-refractivity contribution in [3.63, 3.8) is 0 Å². The molecule has 0 bridgehead atoms. The molecule has 2 aromatic rings. The fraction of sp³-hybridized carbons (Fsp3) is 0.0625. The van der Waals surface area contributed by atoms with Crippen molar-refractivity contribution in [2.45, 2.75) is 11.8 Å². The zero-order valence-corrected chi connectivity index (χ0v) is 14.9. The van der Waals surface area contributed by atoms with Crippen LogP contribution in [0.25, 0.3) is 0 Å². The molecule has 0 saturated heterocycles. The smallest absolute Gasteiger partial charge is 0.308 e. The first-order chi connectivity index (χ1) is 11.3. The number of carbonyl (C=O) groups is 1.